The number of hydrogen-bond acceptors (Lipinski definition) is 5. The summed E-state index contributed by atoms with van der Waals surface area (Å²) in [6, 6.07) is -0.472. The van der Waals surface area contributed by atoms with Crippen LogP contribution in [0.2, 0.25) is 0 Å². The Bertz CT molecular complexity index is 338. The number of nitrogens with one attached hydrogen (secondary N) is 1. The minimum atomic E-state index is -0.472. The Morgan fingerprint density at radius 1 is 1.52 bits per heavy atom. The number of likely N-dealkylation sites (N-methyl/N-ethyl adjacent to an activating group) is 1. The van der Waals surface area contributed by atoms with Gasteiger partial charge in [0.15, 0.2) is 0 Å². The average molecular weight is 301 g/mol. The Balaban J connectivity index is 2.49. The lowest BCUT2D eigenvalue weighted by Gasteiger charge is -2.33. The summed E-state index contributed by atoms with van der Waals surface area (Å²) in [6.45, 7) is 7.60. The average Bonchev–Trinajstić information content (AvgIpc) is 2.48. The van der Waals surface area contributed by atoms with Crippen molar-refractivity contribution in [3.8, 4) is 0 Å². The van der Waals surface area contributed by atoms with Gasteiger partial charge >= 0.3 is 0 Å². The van der Waals surface area contributed by atoms with Crippen molar-refractivity contribution >= 4 is 11.8 Å². The fourth-order valence-electron chi connectivity index (χ4n) is 2.38. The van der Waals surface area contributed by atoms with Gasteiger partial charge in [0.05, 0.1) is 25.7 Å². The number of piperazine rings is 1. The number of nitrogens with zero attached hydrogens (tertiary/aromatic N) is 2. The zero-order valence-corrected chi connectivity index (χ0v) is 13.0. The molecular formula is C14H27N3O4. The van der Waals surface area contributed by atoms with Gasteiger partial charge in [-0.05, 0) is 13.8 Å². The van der Waals surface area contributed by atoms with Gasteiger partial charge in [-0.25, -0.2) is 0 Å². The first-order valence-electron chi connectivity index (χ1n) is 7.62. The Morgan fingerprint density at radius 2 is 2.29 bits per heavy atom. The maximum absolute atomic E-state index is 12.3. The summed E-state index contributed by atoms with van der Waals surface area (Å²) in [6.07, 6.45) is 0.137. The lowest BCUT2D eigenvalue weighted by atomic mass is 10.1. The van der Waals surface area contributed by atoms with Crippen LogP contribution in [0, 0.1) is 0 Å². The smallest absolute Gasteiger partial charge is 0.240 e. The van der Waals surface area contributed by atoms with Crippen LogP contribution in [-0.4, -0.2) is 85.3 Å². The summed E-state index contributed by atoms with van der Waals surface area (Å²) in [5.41, 5.74) is 0. The summed E-state index contributed by atoms with van der Waals surface area (Å²) in [5.74, 6) is -0.154. The van der Waals surface area contributed by atoms with Crippen LogP contribution in [0.4, 0.5) is 0 Å². The van der Waals surface area contributed by atoms with Crippen LogP contribution in [0.1, 0.15) is 20.3 Å². The number of carbonyl (C=O) groups is 2. The fourth-order valence-corrected chi connectivity index (χ4v) is 2.38. The predicted molar refractivity (Wildman–Crippen MR) is 78.8 cm³/mol. The van der Waals surface area contributed by atoms with E-state index in [1.54, 1.807) is 9.80 Å². The monoisotopic (exact) mass is 301 g/mol. The van der Waals surface area contributed by atoms with Gasteiger partial charge in [0, 0.05) is 39.3 Å². The maximum atomic E-state index is 12.3. The molecule has 1 unspecified atom stereocenters. The molecule has 1 rings (SSSR count). The molecule has 0 aliphatic carbocycles. The van der Waals surface area contributed by atoms with E-state index in [9.17, 15) is 9.59 Å². The number of carbonyl (C=O) groups excluding carboxylic acids is 2. The first-order chi connectivity index (χ1) is 10.1. The van der Waals surface area contributed by atoms with E-state index in [1.165, 1.54) is 0 Å². The summed E-state index contributed by atoms with van der Waals surface area (Å²) in [4.78, 5) is 27.7. The molecular weight excluding hydrogens is 274 g/mol. The summed E-state index contributed by atoms with van der Waals surface area (Å²) < 4.78 is 5.27. The number of aliphatic hydroxyl groups is 1. The van der Waals surface area contributed by atoms with Gasteiger partial charge in [-0.15, -0.1) is 0 Å². The SMILES string of the molecule is CCOCCN1CCNC(CC(=O)N(CC)CCO)C1=O. The molecule has 1 heterocycles. The van der Waals surface area contributed by atoms with Crippen LogP contribution in [0.15, 0.2) is 0 Å². The molecule has 1 aliphatic rings. The van der Waals surface area contributed by atoms with Crippen molar-refractivity contribution in [3.05, 3.63) is 0 Å². The van der Waals surface area contributed by atoms with Crippen LogP contribution in [0.25, 0.3) is 0 Å². The third-order valence-corrected chi connectivity index (χ3v) is 3.57. The molecule has 0 saturated carbocycles. The van der Waals surface area contributed by atoms with Crippen LogP contribution in [0.5, 0.6) is 0 Å². The Labute approximate surface area is 126 Å². The normalized spacial score (nSPS) is 18.9. The highest BCUT2D eigenvalue weighted by Crippen LogP contribution is 2.07. The number of amides is 2. The van der Waals surface area contributed by atoms with E-state index in [4.69, 9.17) is 9.84 Å². The van der Waals surface area contributed by atoms with Crippen molar-refractivity contribution < 1.29 is 19.4 Å². The van der Waals surface area contributed by atoms with Gasteiger partial charge in [-0.3, -0.25) is 9.59 Å². The molecule has 122 valence electrons. The van der Waals surface area contributed by atoms with Gasteiger partial charge in [-0.1, -0.05) is 0 Å². The van der Waals surface area contributed by atoms with Gasteiger partial charge in [0.25, 0.3) is 0 Å². The van der Waals surface area contributed by atoms with Crippen LogP contribution in [0.3, 0.4) is 0 Å². The molecule has 0 spiro atoms. The first kappa shape index (κ1) is 17.9. The Morgan fingerprint density at radius 3 is 2.90 bits per heavy atom. The molecule has 1 atom stereocenters. The molecule has 0 aromatic carbocycles. The Kier molecular flexibility index (Phi) is 8.26. The van der Waals surface area contributed by atoms with Crippen LogP contribution >= 0.6 is 0 Å². The van der Waals surface area contributed by atoms with E-state index in [0.29, 0.717) is 45.9 Å². The quantitative estimate of drug-likeness (QED) is 0.537. The number of ether oxygens (including phenoxy) is 1. The molecule has 0 bridgehead atoms. The molecule has 2 N–H and O–H groups in total. The second-order valence-electron chi connectivity index (χ2n) is 4.93. The van der Waals surface area contributed by atoms with Crippen molar-refractivity contribution in [1.29, 1.82) is 0 Å². The molecule has 1 aliphatic heterocycles. The standard InChI is InChI=1S/C14H27N3O4/c1-3-16(7-9-18)13(19)11-12-14(20)17(6-5-15-12)8-10-21-4-2/h12,15,18H,3-11H2,1-2H3. The molecule has 0 aromatic heterocycles. The van der Waals surface area contributed by atoms with Gasteiger partial charge in [-0.2, -0.15) is 0 Å². The second kappa shape index (κ2) is 9.70. The molecule has 0 radical (unpaired) electrons. The van der Waals surface area contributed by atoms with Crippen molar-refractivity contribution in [2.75, 3.05) is 52.5 Å². The molecule has 21 heavy (non-hydrogen) atoms. The van der Waals surface area contributed by atoms with E-state index < -0.39 is 6.04 Å². The molecule has 1 saturated heterocycles. The van der Waals surface area contributed by atoms with E-state index in [2.05, 4.69) is 5.32 Å². The molecule has 2 amide bonds. The van der Waals surface area contributed by atoms with E-state index in [1.807, 2.05) is 13.8 Å². The third-order valence-electron chi connectivity index (χ3n) is 3.57. The first-order valence-corrected chi connectivity index (χ1v) is 7.62. The molecule has 0 aromatic rings. The lowest BCUT2D eigenvalue weighted by molar-refractivity contribution is -0.141. The van der Waals surface area contributed by atoms with Gasteiger partial charge in [0.2, 0.25) is 11.8 Å². The van der Waals surface area contributed by atoms with Crippen LogP contribution < -0.4 is 5.32 Å². The highest BCUT2D eigenvalue weighted by molar-refractivity contribution is 5.89. The zero-order chi connectivity index (χ0) is 15.7. The van der Waals surface area contributed by atoms with Crippen molar-refractivity contribution in [2.45, 2.75) is 26.3 Å². The topological polar surface area (TPSA) is 82.1 Å². The molecule has 1 fully saturated rings. The van der Waals surface area contributed by atoms with Crippen molar-refractivity contribution in [3.63, 3.8) is 0 Å². The minimum absolute atomic E-state index is 0.0469. The van der Waals surface area contributed by atoms with Crippen LogP contribution in [-0.2, 0) is 14.3 Å². The largest absolute Gasteiger partial charge is 0.395 e. The highest BCUT2D eigenvalue weighted by Gasteiger charge is 2.30. The van der Waals surface area contributed by atoms with E-state index in [-0.39, 0.29) is 24.8 Å². The fraction of sp³-hybridized carbons (Fsp3) is 0.857. The number of rotatable bonds is 9. The van der Waals surface area contributed by atoms with Crippen molar-refractivity contribution in [2.24, 2.45) is 0 Å². The summed E-state index contributed by atoms with van der Waals surface area (Å²) >= 11 is 0. The summed E-state index contributed by atoms with van der Waals surface area (Å²) in [5, 5.41) is 12.0. The van der Waals surface area contributed by atoms with Gasteiger partial charge < -0.3 is 25.0 Å². The van der Waals surface area contributed by atoms with E-state index >= 15 is 0 Å². The van der Waals surface area contributed by atoms with E-state index in [0.717, 1.165) is 0 Å². The summed E-state index contributed by atoms with van der Waals surface area (Å²) in [7, 11) is 0. The zero-order valence-electron chi connectivity index (χ0n) is 13.0. The second-order valence-corrected chi connectivity index (χ2v) is 4.93. The van der Waals surface area contributed by atoms with Gasteiger partial charge in [0.1, 0.15) is 0 Å². The highest BCUT2D eigenvalue weighted by atomic mass is 16.5. The minimum Gasteiger partial charge on any atom is -0.395 e. The molecule has 7 heteroatoms. The maximum Gasteiger partial charge on any atom is 0.240 e. The number of hydrogen-bond donors (Lipinski definition) is 2. The third kappa shape index (κ3) is 5.61. The predicted octanol–water partition coefficient (Wildman–Crippen LogP) is -0.946. The van der Waals surface area contributed by atoms with Crippen molar-refractivity contribution in [1.82, 2.24) is 15.1 Å². The molecule has 7 nitrogen and oxygen atoms in total. The number of aliphatic hydroxyl groups excluding tert-OH is 1. The Hall–Kier alpha value is -1.18. The lowest BCUT2D eigenvalue weighted by Crippen LogP contribution is -2.57.